The molecular weight excluding hydrogens is 266 g/mol. The van der Waals surface area contributed by atoms with E-state index in [1.165, 1.54) is 35.0 Å². The van der Waals surface area contributed by atoms with Gasteiger partial charge in [0.05, 0.1) is 5.69 Å². The summed E-state index contributed by atoms with van der Waals surface area (Å²) in [6, 6.07) is 1.07. The van der Waals surface area contributed by atoms with Crippen LogP contribution in [0, 0.1) is 5.41 Å². The third kappa shape index (κ3) is 3.01. The van der Waals surface area contributed by atoms with E-state index in [1.807, 2.05) is 11.3 Å². The molecule has 1 aromatic heterocycles. The van der Waals surface area contributed by atoms with Crippen LogP contribution in [0.15, 0.2) is 0 Å². The first kappa shape index (κ1) is 15.8. The molecule has 0 radical (unpaired) electrons. The smallest absolute Gasteiger partial charge is 0.185 e. The lowest BCUT2D eigenvalue weighted by molar-refractivity contribution is 0.265. The minimum Gasteiger partial charge on any atom is -0.348 e. The zero-order chi connectivity index (χ0) is 14.9. The van der Waals surface area contributed by atoms with E-state index in [0.717, 1.165) is 6.42 Å². The van der Waals surface area contributed by atoms with Gasteiger partial charge >= 0.3 is 0 Å². The normalized spacial score (nSPS) is 21.1. The zero-order valence-electron chi connectivity index (χ0n) is 13.8. The van der Waals surface area contributed by atoms with Gasteiger partial charge in [-0.1, -0.05) is 39.0 Å². The van der Waals surface area contributed by atoms with Crippen LogP contribution in [0.2, 0.25) is 0 Å². The highest BCUT2D eigenvalue weighted by molar-refractivity contribution is 7.15. The predicted molar refractivity (Wildman–Crippen MR) is 88.8 cm³/mol. The van der Waals surface area contributed by atoms with E-state index in [1.54, 1.807) is 0 Å². The Morgan fingerprint density at radius 2 is 2.05 bits per heavy atom. The van der Waals surface area contributed by atoms with Crippen LogP contribution in [-0.2, 0) is 6.42 Å². The lowest BCUT2D eigenvalue weighted by Crippen LogP contribution is -2.31. The fourth-order valence-electron chi connectivity index (χ4n) is 3.30. The van der Waals surface area contributed by atoms with Gasteiger partial charge in [-0.3, -0.25) is 0 Å². The van der Waals surface area contributed by atoms with Crippen molar-refractivity contribution in [3.63, 3.8) is 0 Å². The number of aromatic nitrogens is 1. The van der Waals surface area contributed by atoms with Crippen LogP contribution in [-0.4, -0.2) is 25.1 Å². The van der Waals surface area contributed by atoms with Crippen molar-refractivity contribution in [1.29, 1.82) is 0 Å². The first-order chi connectivity index (χ1) is 9.41. The quantitative estimate of drug-likeness (QED) is 0.890. The summed E-state index contributed by atoms with van der Waals surface area (Å²) < 4.78 is 0. The lowest BCUT2D eigenvalue weighted by atomic mass is 9.76. The molecule has 1 aromatic rings. The van der Waals surface area contributed by atoms with Crippen LogP contribution in [0.5, 0.6) is 0 Å². The average molecular weight is 295 g/mol. The lowest BCUT2D eigenvalue weighted by Gasteiger charge is -2.34. The number of hydrogen-bond donors (Lipinski definition) is 1. The first-order valence-corrected chi connectivity index (χ1v) is 8.63. The molecule has 0 fully saturated rings. The molecule has 1 aliphatic carbocycles. The zero-order valence-corrected chi connectivity index (χ0v) is 14.6. The van der Waals surface area contributed by atoms with Crippen LogP contribution in [0.1, 0.15) is 63.6 Å². The molecule has 1 aliphatic rings. The number of thiazole rings is 1. The second kappa shape index (κ2) is 6.02. The maximum absolute atomic E-state index is 4.97. The summed E-state index contributed by atoms with van der Waals surface area (Å²) in [6.07, 6.45) is 4.66. The van der Waals surface area contributed by atoms with Crippen molar-refractivity contribution >= 4 is 16.5 Å². The van der Waals surface area contributed by atoms with Crippen molar-refractivity contribution in [2.45, 2.75) is 65.5 Å². The molecule has 1 heterocycles. The van der Waals surface area contributed by atoms with Crippen LogP contribution >= 0.6 is 11.3 Å². The molecular formula is C16H29N3S. The van der Waals surface area contributed by atoms with Gasteiger partial charge in [0.25, 0.3) is 0 Å². The number of nitrogens with one attached hydrogen (secondary N) is 1. The van der Waals surface area contributed by atoms with Gasteiger partial charge in [0, 0.05) is 24.0 Å². The standard InChI is InChI=1S/C16H29N3S/c1-7-11(8-2)19(6)15-18-13-10-16(3,4)9-12(17-5)14(13)20-15/h11-12,17H,7-10H2,1-6H3. The Bertz CT molecular complexity index is 449. The van der Waals surface area contributed by atoms with Crippen LogP contribution in [0.4, 0.5) is 5.13 Å². The van der Waals surface area contributed by atoms with E-state index in [4.69, 9.17) is 4.98 Å². The Morgan fingerprint density at radius 1 is 1.40 bits per heavy atom. The van der Waals surface area contributed by atoms with E-state index < -0.39 is 0 Å². The Kier molecular flexibility index (Phi) is 4.75. The summed E-state index contributed by atoms with van der Waals surface area (Å²) >= 11 is 1.89. The van der Waals surface area contributed by atoms with E-state index in [-0.39, 0.29) is 0 Å². The summed E-state index contributed by atoms with van der Waals surface area (Å²) in [4.78, 5) is 8.80. The summed E-state index contributed by atoms with van der Waals surface area (Å²) in [5.41, 5.74) is 1.66. The molecule has 2 rings (SSSR count). The van der Waals surface area contributed by atoms with Crippen molar-refractivity contribution in [2.75, 3.05) is 19.0 Å². The molecule has 4 heteroatoms. The molecule has 20 heavy (non-hydrogen) atoms. The third-order valence-corrected chi connectivity index (χ3v) is 5.88. The summed E-state index contributed by atoms with van der Waals surface area (Å²) in [6.45, 7) is 9.23. The molecule has 0 saturated heterocycles. The van der Waals surface area contributed by atoms with Gasteiger partial charge in [-0.2, -0.15) is 0 Å². The summed E-state index contributed by atoms with van der Waals surface area (Å²) in [5, 5.41) is 4.67. The largest absolute Gasteiger partial charge is 0.348 e. The SMILES string of the molecule is CCC(CC)N(C)c1nc2c(s1)C(NC)CC(C)(C)C2. The molecule has 1 N–H and O–H groups in total. The summed E-state index contributed by atoms with van der Waals surface area (Å²) in [5.74, 6) is 0. The Morgan fingerprint density at radius 3 is 2.60 bits per heavy atom. The van der Waals surface area contributed by atoms with Crippen molar-refractivity contribution in [2.24, 2.45) is 5.41 Å². The van der Waals surface area contributed by atoms with Gasteiger partial charge in [0.15, 0.2) is 5.13 Å². The molecule has 1 atom stereocenters. The summed E-state index contributed by atoms with van der Waals surface area (Å²) in [7, 11) is 4.27. The van der Waals surface area contributed by atoms with Crippen molar-refractivity contribution in [3.05, 3.63) is 10.6 Å². The van der Waals surface area contributed by atoms with E-state index in [9.17, 15) is 0 Å². The maximum atomic E-state index is 4.97. The Hall–Kier alpha value is -0.610. The van der Waals surface area contributed by atoms with E-state index in [2.05, 4.69) is 52.0 Å². The van der Waals surface area contributed by atoms with Crippen LogP contribution in [0.3, 0.4) is 0 Å². The Balaban J connectivity index is 2.30. The van der Waals surface area contributed by atoms with Crippen molar-refractivity contribution in [3.8, 4) is 0 Å². The highest BCUT2D eigenvalue weighted by Crippen LogP contribution is 2.44. The molecule has 0 amide bonds. The predicted octanol–water partition coefficient (Wildman–Crippen LogP) is 4.00. The molecule has 0 aliphatic heterocycles. The monoisotopic (exact) mass is 295 g/mol. The van der Waals surface area contributed by atoms with Gasteiger partial charge < -0.3 is 10.2 Å². The Labute approximate surface area is 127 Å². The molecule has 0 spiro atoms. The fourth-order valence-corrected chi connectivity index (χ4v) is 4.52. The van der Waals surface area contributed by atoms with Crippen LogP contribution in [0.25, 0.3) is 0 Å². The van der Waals surface area contributed by atoms with Gasteiger partial charge in [0.1, 0.15) is 0 Å². The number of nitrogens with zero attached hydrogens (tertiary/aromatic N) is 2. The van der Waals surface area contributed by atoms with Crippen molar-refractivity contribution in [1.82, 2.24) is 10.3 Å². The molecule has 0 bridgehead atoms. The second-order valence-electron chi connectivity index (χ2n) is 6.77. The first-order valence-electron chi connectivity index (χ1n) is 7.81. The number of anilines is 1. The average Bonchev–Trinajstić information content (AvgIpc) is 2.81. The number of rotatable bonds is 5. The topological polar surface area (TPSA) is 28.2 Å². The van der Waals surface area contributed by atoms with E-state index >= 15 is 0 Å². The number of fused-ring (bicyclic) bond motifs is 1. The minimum absolute atomic E-state index is 0.347. The highest BCUT2D eigenvalue weighted by atomic mass is 32.1. The second-order valence-corrected chi connectivity index (χ2v) is 7.78. The van der Waals surface area contributed by atoms with Gasteiger partial charge in [-0.05, 0) is 38.1 Å². The molecule has 3 nitrogen and oxygen atoms in total. The van der Waals surface area contributed by atoms with Crippen molar-refractivity contribution < 1.29 is 0 Å². The third-order valence-electron chi connectivity index (χ3n) is 4.58. The van der Waals surface area contributed by atoms with Crippen LogP contribution < -0.4 is 10.2 Å². The molecule has 1 unspecified atom stereocenters. The fraction of sp³-hybridized carbons (Fsp3) is 0.812. The van der Waals surface area contributed by atoms with Gasteiger partial charge in [0.2, 0.25) is 0 Å². The highest BCUT2D eigenvalue weighted by Gasteiger charge is 2.35. The molecule has 114 valence electrons. The van der Waals surface area contributed by atoms with Gasteiger partial charge in [-0.25, -0.2) is 4.98 Å². The molecule has 0 saturated carbocycles. The minimum atomic E-state index is 0.347. The molecule has 0 aromatic carbocycles. The maximum Gasteiger partial charge on any atom is 0.185 e. The number of hydrogen-bond acceptors (Lipinski definition) is 4. The van der Waals surface area contributed by atoms with Gasteiger partial charge in [-0.15, -0.1) is 0 Å². The van der Waals surface area contributed by atoms with E-state index in [0.29, 0.717) is 17.5 Å².